The van der Waals surface area contributed by atoms with Gasteiger partial charge in [-0.2, -0.15) is 4.98 Å². The van der Waals surface area contributed by atoms with Gasteiger partial charge in [-0.1, -0.05) is 6.07 Å². The summed E-state index contributed by atoms with van der Waals surface area (Å²) in [6.07, 6.45) is 0.812. The number of carbonyl (C=O) groups excluding carboxylic acids is 1. The number of hydrogen-bond acceptors (Lipinski definition) is 5. The van der Waals surface area contributed by atoms with Gasteiger partial charge in [0.05, 0.1) is 13.7 Å². The highest BCUT2D eigenvalue weighted by atomic mass is 16.5. The zero-order valence-corrected chi connectivity index (χ0v) is 12.2. The van der Waals surface area contributed by atoms with Crippen molar-refractivity contribution in [2.75, 3.05) is 32.2 Å². The lowest BCUT2D eigenvalue weighted by molar-refractivity contribution is 0.112. The Morgan fingerprint density at radius 1 is 1.19 bits per heavy atom. The summed E-state index contributed by atoms with van der Waals surface area (Å²) < 4.78 is 10.7. The fourth-order valence-electron chi connectivity index (χ4n) is 1.79. The van der Waals surface area contributed by atoms with E-state index in [0.29, 0.717) is 24.6 Å². The Morgan fingerprint density at radius 3 is 2.62 bits per heavy atom. The lowest BCUT2D eigenvalue weighted by atomic mass is 10.2. The molecule has 0 unspecified atom stereocenters. The molecule has 0 bridgehead atoms. The van der Waals surface area contributed by atoms with Crippen LogP contribution in [-0.4, -0.2) is 38.6 Å². The molecule has 0 aliphatic carbocycles. The topological polar surface area (TPSA) is 51.7 Å². The summed E-state index contributed by atoms with van der Waals surface area (Å²) in [5.74, 6) is 2.16. The predicted molar refractivity (Wildman–Crippen MR) is 81.4 cm³/mol. The molecule has 0 aliphatic heterocycles. The van der Waals surface area contributed by atoms with Gasteiger partial charge < -0.3 is 14.4 Å². The molecular weight excluding hydrogens is 268 g/mol. The molecule has 0 atom stereocenters. The van der Waals surface area contributed by atoms with Crippen LogP contribution in [0.15, 0.2) is 42.5 Å². The van der Waals surface area contributed by atoms with Crippen LogP contribution in [-0.2, 0) is 0 Å². The first-order chi connectivity index (χ1) is 10.2. The molecule has 0 spiro atoms. The Bertz CT molecular complexity index is 584. The molecule has 0 aliphatic rings. The van der Waals surface area contributed by atoms with Gasteiger partial charge in [0.15, 0.2) is 0 Å². The SMILES string of the molecule is COc1cccc(N(C)CCOc2ccc(C=O)cc2)n1. The molecule has 2 aromatic rings. The van der Waals surface area contributed by atoms with E-state index in [0.717, 1.165) is 17.9 Å². The summed E-state index contributed by atoms with van der Waals surface area (Å²) in [4.78, 5) is 16.9. The standard InChI is InChI=1S/C16H18N2O3/c1-18(15-4-3-5-16(17-15)20-2)10-11-21-14-8-6-13(12-19)7-9-14/h3-9,12H,10-11H2,1-2H3. The van der Waals surface area contributed by atoms with Crippen molar-refractivity contribution in [1.29, 1.82) is 0 Å². The minimum Gasteiger partial charge on any atom is -0.492 e. The van der Waals surface area contributed by atoms with E-state index < -0.39 is 0 Å². The minimum atomic E-state index is 0.524. The molecule has 21 heavy (non-hydrogen) atoms. The number of hydrogen-bond donors (Lipinski definition) is 0. The van der Waals surface area contributed by atoms with E-state index in [2.05, 4.69) is 4.98 Å². The van der Waals surface area contributed by atoms with E-state index in [4.69, 9.17) is 9.47 Å². The lowest BCUT2D eigenvalue weighted by Gasteiger charge is -2.18. The van der Waals surface area contributed by atoms with Gasteiger partial charge in [-0.25, -0.2) is 0 Å². The van der Waals surface area contributed by atoms with Gasteiger partial charge in [-0.05, 0) is 30.3 Å². The van der Waals surface area contributed by atoms with E-state index >= 15 is 0 Å². The van der Waals surface area contributed by atoms with Crippen LogP contribution < -0.4 is 14.4 Å². The Kier molecular flexibility index (Phi) is 5.15. The first-order valence-corrected chi connectivity index (χ1v) is 6.63. The fourth-order valence-corrected chi connectivity index (χ4v) is 1.79. The van der Waals surface area contributed by atoms with E-state index in [9.17, 15) is 4.79 Å². The van der Waals surface area contributed by atoms with E-state index in [1.165, 1.54) is 0 Å². The highest BCUT2D eigenvalue weighted by molar-refractivity contribution is 5.74. The Balaban J connectivity index is 1.85. The van der Waals surface area contributed by atoms with Crippen molar-refractivity contribution in [3.8, 4) is 11.6 Å². The number of methoxy groups -OCH3 is 1. The van der Waals surface area contributed by atoms with E-state index in [1.807, 2.05) is 30.1 Å². The van der Waals surface area contributed by atoms with Crippen LogP contribution in [0, 0.1) is 0 Å². The van der Waals surface area contributed by atoms with Gasteiger partial charge in [0.25, 0.3) is 0 Å². The van der Waals surface area contributed by atoms with Crippen LogP contribution in [0.4, 0.5) is 5.82 Å². The predicted octanol–water partition coefficient (Wildman–Crippen LogP) is 2.42. The number of aldehydes is 1. The summed E-state index contributed by atoms with van der Waals surface area (Å²) in [6.45, 7) is 1.21. The number of rotatable bonds is 7. The van der Waals surface area contributed by atoms with Crippen LogP contribution in [0.1, 0.15) is 10.4 Å². The van der Waals surface area contributed by atoms with Gasteiger partial charge in [0, 0.05) is 18.7 Å². The molecule has 110 valence electrons. The number of benzene rings is 1. The van der Waals surface area contributed by atoms with Gasteiger partial charge in [-0.15, -0.1) is 0 Å². The minimum absolute atomic E-state index is 0.524. The first kappa shape index (κ1) is 14.8. The first-order valence-electron chi connectivity index (χ1n) is 6.63. The molecule has 0 saturated carbocycles. The van der Waals surface area contributed by atoms with E-state index in [1.54, 1.807) is 31.4 Å². The van der Waals surface area contributed by atoms with Crippen molar-refractivity contribution < 1.29 is 14.3 Å². The van der Waals surface area contributed by atoms with Crippen molar-refractivity contribution >= 4 is 12.1 Å². The number of aromatic nitrogens is 1. The summed E-state index contributed by atoms with van der Waals surface area (Å²) in [7, 11) is 3.54. The number of nitrogens with zero attached hydrogens (tertiary/aromatic N) is 2. The van der Waals surface area contributed by atoms with Crippen LogP contribution in [0.3, 0.4) is 0 Å². The quantitative estimate of drug-likeness (QED) is 0.732. The second-order valence-corrected chi connectivity index (χ2v) is 4.50. The van der Waals surface area contributed by atoms with Crippen molar-refractivity contribution in [1.82, 2.24) is 4.98 Å². The second kappa shape index (κ2) is 7.28. The van der Waals surface area contributed by atoms with Crippen molar-refractivity contribution in [3.63, 3.8) is 0 Å². The Morgan fingerprint density at radius 2 is 1.95 bits per heavy atom. The maximum Gasteiger partial charge on any atom is 0.214 e. The maximum absolute atomic E-state index is 10.6. The van der Waals surface area contributed by atoms with E-state index in [-0.39, 0.29) is 0 Å². The molecule has 1 aromatic carbocycles. The third-order valence-corrected chi connectivity index (χ3v) is 3.02. The number of anilines is 1. The van der Waals surface area contributed by atoms with Gasteiger partial charge in [-0.3, -0.25) is 4.79 Å². The van der Waals surface area contributed by atoms with Crippen molar-refractivity contribution in [3.05, 3.63) is 48.0 Å². The smallest absolute Gasteiger partial charge is 0.214 e. The van der Waals surface area contributed by atoms with Crippen LogP contribution >= 0.6 is 0 Å². The summed E-state index contributed by atoms with van der Waals surface area (Å²) in [6, 6.07) is 12.7. The normalized spacial score (nSPS) is 10.0. The van der Waals surface area contributed by atoms with Crippen molar-refractivity contribution in [2.45, 2.75) is 0 Å². The zero-order chi connectivity index (χ0) is 15.1. The molecule has 1 heterocycles. The molecule has 0 radical (unpaired) electrons. The molecule has 0 N–H and O–H groups in total. The largest absolute Gasteiger partial charge is 0.492 e. The molecule has 2 rings (SSSR count). The Hall–Kier alpha value is -2.56. The third kappa shape index (κ3) is 4.21. The number of pyridine rings is 1. The highest BCUT2D eigenvalue weighted by Crippen LogP contribution is 2.15. The molecule has 0 saturated heterocycles. The summed E-state index contributed by atoms with van der Waals surface area (Å²) in [5, 5.41) is 0. The fraction of sp³-hybridized carbons (Fsp3) is 0.250. The average Bonchev–Trinajstić information content (AvgIpc) is 2.55. The summed E-state index contributed by atoms with van der Waals surface area (Å²) in [5.41, 5.74) is 0.639. The molecule has 5 nitrogen and oxygen atoms in total. The van der Waals surface area contributed by atoms with Gasteiger partial charge >= 0.3 is 0 Å². The lowest BCUT2D eigenvalue weighted by Crippen LogP contribution is -2.24. The monoisotopic (exact) mass is 286 g/mol. The van der Waals surface area contributed by atoms with Crippen LogP contribution in [0.2, 0.25) is 0 Å². The van der Waals surface area contributed by atoms with Crippen molar-refractivity contribution in [2.24, 2.45) is 0 Å². The van der Waals surface area contributed by atoms with Gasteiger partial charge in [0.1, 0.15) is 24.5 Å². The molecule has 0 fully saturated rings. The Labute approximate surface area is 124 Å². The average molecular weight is 286 g/mol. The van der Waals surface area contributed by atoms with Crippen LogP contribution in [0.5, 0.6) is 11.6 Å². The molecule has 5 heteroatoms. The summed E-state index contributed by atoms with van der Waals surface area (Å²) >= 11 is 0. The number of ether oxygens (including phenoxy) is 2. The molecule has 0 amide bonds. The van der Waals surface area contributed by atoms with Crippen LogP contribution in [0.25, 0.3) is 0 Å². The second-order valence-electron chi connectivity index (χ2n) is 4.50. The molecule has 1 aromatic heterocycles. The maximum atomic E-state index is 10.6. The number of likely N-dealkylation sites (N-methyl/N-ethyl adjacent to an activating group) is 1. The highest BCUT2D eigenvalue weighted by Gasteiger charge is 2.04. The molecular formula is C16H18N2O3. The van der Waals surface area contributed by atoms with Gasteiger partial charge in [0.2, 0.25) is 5.88 Å². The third-order valence-electron chi connectivity index (χ3n) is 3.02. The zero-order valence-electron chi connectivity index (χ0n) is 12.2. The number of carbonyl (C=O) groups is 1.